The van der Waals surface area contributed by atoms with Gasteiger partial charge in [-0.05, 0) is 37.9 Å². The number of rotatable bonds is 2. The third-order valence-electron chi connectivity index (χ3n) is 1.16. The molecular formula is C7H3Br2NOS. The van der Waals surface area contributed by atoms with E-state index >= 15 is 0 Å². The third kappa shape index (κ3) is 2.16. The van der Waals surface area contributed by atoms with E-state index < -0.39 is 0 Å². The fourth-order valence-electron chi connectivity index (χ4n) is 0.643. The number of hydrogen-bond donors (Lipinski definition) is 0. The molecule has 0 fully saturated rings. The number of halogens is 2. The normalized spacial score (nSPS) is 9.42. The van der Waals surface area contributed by atoms with Gasteiger partial charge in [0.2, 0.25) is 0 Å². The van der Waals surface area contributed by atoms with Crippen molar-refractivity contribution in [2.75, 3.05) is 0 Å². The predicted octanol–water partition coefficient (Wildman–Crippen LogP) is 3.37. The van der Waals surface area contributed by atoms with E-state index in [2.05, 4.69) is 31.9 Å². The van der Waals surface area contributed by atoms with E-state index in [9.17, 15) is 4.79 Å². The van der Waals surface area contributed by atoms with E-state index in [4.69, 9.17) is 5.26 Å². The highest BCUT2D eigenvalue weighted by atomic mass is 79.9. The molecule has 0 aliphatic heterocycles. The van der Waals surface area contributed by atoms with Gasteiger partial charge in [-0.25, -0.2) is 0 Å². The van der Waals surface area contributed by atoms with E-state index in [-0.39, 0.29) is 12.2 Å². The van der Waals surface area contributed by atoms with Crippen LogP contribution in [0.4, 0.5) is 0 Å². The molecule has 0 aliphatic rings. The van der Waals surface area contributed by atoms with Gasteiger partial charge >= 0.3 is 0 Å². The Morgan fingerprint density at radius 3 is 2.75 bits per heavy atom. The molecule has 2 nitrogen and oxygen atoms in total. The van der Waals surface area contributed by atoms with Crippen molar-refractivity contribution in [3.8, 4) is 6.07 Å². The summed E-state index contributed by atoms with van der Waals surface area (Å²) in [5.74, 6) is -0.131. The zero-order chi connectivity index (χ0) is 9.14. The summed E-state index contributed by atoms with van der Waals surface area (Å²) in [6, 6.07) is 3.54. The molecule has 0 aromatic carbocycles. The Morgan fingerprint density at radius 2 is 2.33 bits per heavy atom. The fraction of sp³-hybridized carbons (Fsp3) is 0.143. The molecule has 5 heteroatoms. The van der Waals surface area contributed by atoms with E-state index in [1.807, 2.05) is 6.07 Å². The standard InChI is InChI=1S/C7H3Br2NOS/c8-4-3-6(12-7(4)9)5(11)1-2-10/h3H,1H2. The number of carbonyl (C=O) groups excluding carboxylic acids is 1. The third-order valence-corrected chi connectivity index (χ3v) is 4.46. The number of nitrogens with zero attached hydrogens (tertiary/aromatic N) is 1. The zero-order valence-electron chi connectivity index (χ0n) is 5.80. The van der Waals surface area contributed by atoms with Gasteiger partial charge in [0.1, 0.15) is 0 Å². The fourth-order valence-corrected chi connectivity index (χ4v) is 2.62. The van der Waals surface area contributed by atoms with Crippen LogP contribution in [0.25, 0.3) is 0 Å². The highest BCUT2D eigenvalue weighted by molar-refractivity contribution is 9.13. The second kappa shape index (κ2) is 4.17. The van der Waals surface area contributed by atoms with Crippen molar-refractivity contribution in [2.45, 2.75) is 6.42 Å². The molecule has 0 atom stereocenters. The van der Waals surface area contributed by atoms with Crippen LogP contribution in [0.15, 0.2) is 14.3 Å². The second-order valence-corrected chi connectivity index (χ2v) is 5.21. The van der Waals surface area contributed by atoms with Gasteiger partial charge < -0.3 is 0 Å². The molecule has 12 heavy (non-hydrogen) atoms. The molecule has 0 amide bonds. The number of carbonyl (C=O) groups is 1. The topological polar surface area (TPSA) is 40.9 Å². The monoisotopic (exact) mass is 307 g/mol. The first-order chi connectivity index (χ1) is 5.65. The number of thiophene rings is 1. The molecule has 0 spiro atoms. The first-order valence-electron chi connectivity index (χ1n) is 3.00. The Labute approximate surface area is 90.5 Å². The molecule has 1 aromatic rings. The molecule has 0 bridgehead atoms. The summed E-state index contributed by atoms with van der Waals surface area (Å²) in [4.78, 5) is 11.8. The second-order valence-electron chi connectivity index (χ2n) is 1.99. The Kier molecular flexibility index (Phi) is 3.44. The first-order valence-corrected chi connectivity index (χ1v) is 5.40. The number of hydrogen-bond acceptors (Lipinski definition) is 3. The van der Waals surface area contributed by atoms with Crippen molar-refractivity contribution >= 4 is 49.0 Å². The van der Waals surface area contributed by atoms with Crippen LogP contribution < -0.4 is 0 Å². The van der Waals surface area contributed by atoms with Gasteiger partial charge in [-0.3, -0.25) is 4.79 Å². The largest absolute Gasteiger partial charge is 0.292 e. The average molecular weight is 309 g/mol. The quantitative estimate of drug-likeness (QED) is 0.786. The number of Topliss-reactive ketones (excluding diaryl/α,β-unsaturated/α-hetero) is 1. The van der Waals surface area contributed by atoms with Gasteiger partial charge in [-0.2, -0.15) is 5.26 Å². The number of nitriles is 1. The van der Waals surface area contributed by atoms with E-state index in [1.54, 1.807) is 6.07 Å². The van der Waals surface area contributed by atoms with Crippen LogP contribution in [0.5, 0.6) is 0 Å². The summed E-state index contributed by atoms with van der Waals surface area (Å²) in [6.45, 7) is 0. The Balaban J connectivity index is 2.91. The van der Waals surface area contributed by atoms with Crippen LogP contribution in [0.1, 0.15) is 16.1 Å². The van der Waals surface area contributed by atoms with Gasteiger partial charge in [0.05, 0.1) is 21.2 Å². The minimum absolute atomic E-state index is 0.0562. The van der Waals surface area contributed by atoms with E-state index in [0.29, 0.717) is 4.88 Å². The summed E-state index contributed by atoms with van der Waals surface area (Å²) in [6.07, 6.45) is -0.0562. The van der Waals surface area contributed by atoms with Gasteiger partial charge in [-0.15, -0.1) is 11.3 Å². The molecule has 0 aliphatic carbocycles. The average Bonchev–Trinajstić information content (AvgIpc) is 2.33. The lowest BCUT2D eigenvalue weighted by molar-refractivity contribution is 0.100. The SMILES string of the molecule is N#CCC(=O)c1cc(Br)c(Br)s1. The lowest BCUT2D eigenvalue weighted by Crippen LogP contribution is -1.92. The molecule has 0 saturated carbocycles. The van der Waals surface area contributed by atoms with Crippen molar-refractivity contribution in [3.63, 3.8) is 0 Å². The molecule has 62 valence electrons. The molecule has 0 saturated heterocycles. The summed E-state index contributed by atoms with van der Waals surface area (Å²) in [7, 11) is 0. The van der Waals surface area contributed by atoms with Gasteiger partial charge in [0, 0.05) is 4.47 Å². The molecule has 0 radical (unpaired) electrons. The van der Waals surface area contributed by atoms with Crippen LogP contribution in [0.2, 0.25) is 0 Å². The molecule has 0 unspecified atom stereocenters. The maximum atomic E-state index is 11.2. The summed E-state index contributed by atoms with van der Waals surface area (Å²) >= 11 is 7.87. The van der Waals surface area contributed by atoms with Crippen LogP contribution in [-0.4, -0.2) is 5.78 Å². The molecule has 1 heterocycles. The lowest BCUT2D eigenvalue weighted by Gasteiger charge is -1.85. The maximum absolute atomic E-state index is 11.2. The summed E-state index contributed by atoms with van der Waals surface area (Å²) < 4.78 is 1.73. The van der Waals surface area contributed by atoms with Gasteiger partial charge in [0.15, 0.2) is 5.78 Å². The van der Waals surface area contributed by atoms with E-state index in [1.165, 1.54) is 11.3 Å². The van der Waals surface area contributed by atoms with Gasteiger partial charge in [-0.1, -0.05) is 0 Å². The van der Waals surface area contributed by atoms with Crippen molar-refractivity contribution < 1.29 is 4.79 Å². The molecular weight excluding hydrogens is 306 g/mol. The molecule has 1 rings (SSSR count). The lowest BCUT2D eigenvalue weighted by atomic mass is 10.2. The van der Waals surface area contributed by atoms with Crippen LogP contribution in [0, 0.1) is 11.3 Å². The van der Waals surface area contributed by atoms with Crippen LogP contribution >= 0.6 is 43.2 Å². The number of ketones is 1. The molecule has 0 N–H and O–H groups in total. The molecule has 1 aromatic heterocycles. The summed E-state index contributed by atoms with van der Waals surface area (Å²) in [5.41, 5.74) is 0. The maximum Gasteiger partial charge on any atom is 0.186 e. The Bertz CT molecular complexity index is 333. The smallest absolute Gasteiger partial charge is 0.186 e. The summed E-state index contributed by atoms with van der Waals surface area (Å²) in [5, 5.41) is 8.28. The Hall–Kier alpha value is -0.180. The zero-order valence-corrected chi connectivity index (χ0v) is 9.79. The highest BCUT2D eigenvalue weighted by Crippen LogP contribution is 2.32. The van der Waals surface area contributed by atoms with Gasteiger partial charge in [0.25, 0.3) is 0 Å². The first kappa shape index (κ1) is 9.90. The van der Waals surface area contributed by atoms with Crippen molar-refractivity contribution in [1.29, 1.82) is 5.26 Å². The predicted molar refractivity (Wildman–Crippen MR) is 54.3 cm³/mol. The Morgan fingerprint density at radius 1 is 1.67 bits per heavy atom. The minimum Gasteiger partial charge on any atom is -0.292 e. The van der Waals surface area contributed by atoms with Crippen molar-refractivity contribution in [3.05, 3.63) is 19.2 Å². The minimum atomic E-state index is -0.131. The van der Waals surface area contributed by atoms with Crippen LogP contribution in [-0.2, 0) is 0 Å². The van der Waals surface area contributed by atoms with Crippen LogP contribution in [0.3, 0.4) is 0 Å². The van der Waals surface area contributed by atoms with Crippen molar-refractivity contribution in [1.82, 2.24) is 0 Å². The highest BCUT2D eigenvalue weighted by Gasteiger charge is 2.10. The van der Waals surface area contributed by atoms with E-state index in [0.717, 1.165) is 8.26 Å². The van der Waals surface area contributed by atoms with Crippen molar-refractivity contribution in [2.24, 2.45) is 0 Å².